The van der Waals surface area contributed by atoms with Gasteiger partial charge in [-0.1, -0.05) is 12.1 Å². The maximum Gasteiger partial charge on any atom is 0.407 e. The lowest BCUT2D eigenvalue weighted by molar-refractivity contribution is 0.0492. The number of benzene rings is 1. The molecule has 9 nitrogen and oxygen atoms in total. The van der Waals surface area contributed by atoms with Crippen LogP contribution >= 0.6 is 0 Å². The third-order valence-electron chi connectivity index (χ3n) is 5.70. The minimum absolute atomic E-state index is 0.0775. The minimum Gasteiger partial charge on any atom is -0.465 e. The van der Waals surface area contributed by atoms with Gasteiger partial charge in [-0.05, 0) is 56.9 Å². The number of nitrogen functional groups attached to an aromatic ring is 1. The lowest BCUT2D eigenvalue weighted by Crippen LogP contribution is -2.43. The van der Waals surface area contributed by atoms with E-state index in [-0.39, 0.29) is 12.0 Å². The number of amides is 1. The molecule has 0 aliphatic carbocycles. The summed E-state index contributed by atoms with van der Waals surface area (Å²) in [5, 5.41) is 3.81. The molecule has 0 bridgehead atoms. The predicted molar refractivity (Wildman–Crippen MR) is 124 cm³/mol. The quantitative estimate of drug-likeness (QED) is 0.584. The fourth-order valence-electron chi connectivity index (χ4n) is 4.29. The highest BCUT2D eigenvalue weighted by Gasteiger charge is 2.29. The van der Waals surface area contributed by atoms with Gasteiger partial charge in [0.1, 0.15) is 23.4 Å². The Morgan fingerprint density at radius 2 is 1.94 bits per heavy atom. The normalized spacial score (nSPS) is 15.7. The van der Waals surface area contributed by atoms with Gasteiger partial charge >= 0.3 is 12.1 Å². The Balaban J connectivity index is 1.63. The number of fused-ring (bicyclic) bond motifs is 3. The molecule has 0 radical (unpaired) electrons. The van der Waals surface area contributed by atoms with Gasteiger partial charge in [-0.15, -0.1) is 0 Å². The van der Waals surface area contributed by atoms with Crippen molar-refractivity contribution in [2.45, 2.75) is 58.2 Å². The van der Waals surface area contributed by atoms with Gasteiger partial charge in [0.2, 0.25) is 0 Å². The molecule has 1 amide bonds. The van der Waals surface area contributed by atoms with Crippen LogP contribution in [0.3, 0.4) is 0 Å². The number of methoxy groups -OCH3 is 1. The monoisotopic (exact) mass is 451 g/mol. The number of rotatable bonds is 4. The van der Waals surface area contributed by atoms with Crippen LogP contribution in [0.2, 0.25) is 0 Å². The van der Waals surface area contributed by atoms with Crippen LogP contribution in [0.1, 0.15) is 54.4 Å². The third kappa shape index (κ3) is 4.76. The van der Waals surface area contributed by atoms with Crippen LogP contribution in [-0.4, -0.2) is 45.4 Å². The molecule has 1 atom stereocenters. The average molecular weight is 452 g/mol. The molecule has 2 aromatic heterocycles. The molecule has 1 aromatic carbocycles. The predicted octanol–water partition coefficient (Wildman–Crippen LogP) is 3.23. The fraction of sp³-hybridized carbons (Fsp3) is 0.417. The van der Waals surface area contributed by atoms with Crippen LogP contribution in [0, 0.1) is 0 Å². The molecular formula is C24H29N5O4. The van der Waals surface area contributed by atoms with Crippen LogP contribution in [0.4, 0.5) is 10.6 Å². The average Bonchev–Trinajstić information content (AvgIpc) is 3.06. The summed E-state index contributed by atoms with van der Waals surface area (Å²) in [5.41, 5.74) is 10.2. The first-order valence-electron chi connectivity index (χ1n) is 10.9. The third-order valence-corrected chi connectivity index (χ3v) is 5.70. The summed E-state index contributed by atoms with van der Waals surface area (Å²) in [6.45, 7) is 6.10. The SMILES string of the molecule is COC(=O)c1ccc(Cc2c3n(c4ncnc(N)c24)C[C@H](NC(=O)OC(C)(C)C)CC3)cc1. The minimum atomic E-state index is -0.553. The molecule has 33 heavy (non-hydrogen) atoms. The number of hydrogen-bond donors (Lipinski definition) is 2. The molecule has 3 aromatic rings. The fourth-order valence-corrected chi connectivity index (χ4v) is 4.29. The number of nitrogens with one attached hydrogen (secondary N) is 1. The summed E-state index contributed by atoms with van der Waals surface area (Å²) >= 11 is 0. The summed E-state index contributed by atoms with van der Waals surface area (Å²) in [4.78, 5) is 32.7. The van der Waals surface area contributed by atoms with Crippen LogP contribution < -0.4 is 11.1 Å². The zero-order valence-corrected chi connectivity index (χ0v) is 19.3. The van der Waals surface area contributed by atoms with Crippen LogP contribution in [0.5, 0.6) is 0 Å². The second-order valence-electron chi connectivity index (χ2n) is 9.24. The Morgan fingerprint density at radius 3 is 2.61 bits per heavy atom. The highest BCUT2D eigenvalue weighted by atomic mass is 16.6. The standard InChI is InChI=1S/C24H29N5O4/c1-24(2,3)33-23(31)28-16-9-10-18-17(11-14-5-7-15(8-6-14)22(30)32-4)19-20(25)26-13-27-21(19)29(18)12-16/h5-8,13,16H,9-12H2,1-4H3,(H,28,31)(H2,25,26,27)/t16-/m1/s1. The lowest BCUT2D eigenvalue weighted by atomic mass is 9.97. The molecule has 1 aliphatic heterocycles. The molecule has 9 heteroatoms. The molecule has 0 saturated heterocycles. The van der Waals surface area contributed by atoms with Crippen LogP contribution in [-0.2, 0) is 28.9 Å². The summed E-state index contributed by atoms with van der Waals surface area (Å²) in [6, 6.07) is 7.26. The van der Waals surface area contributed by atoms with E-state index in [1.165, 1.54) is 13.4 Å². The van der Waals surface area contributed by atoms with Gasteiger partial charge in [0.15, 0.2) is 0 Å². The molecular weight excluding hydrogens is 422 g/mol. The van der Waals surface area contributed by atoms with Gasteiger partial charge in [-0.3, -0.25) is 0 Å². The van der Waals surface area contributed by atoms with E-state index in [1.54, 1.807) is 12.1 Å². The Hall–Kier alpha value is -3.62. The van der Waals surface area contributed by atoms with E-state index in [1.807, 2.05) is 32.9 Å². The largest absolute Gasteiger partial charge is 0.465 e. The van der Waals surface area contributed by atoms with Crippen molar-refractivity contribution in [3.63, 3.8) is 0 Å². The molecule has 1 aliphatic rings. The van der Waals surface area contributed by atoms with Crippen molar-refractivity contribution in [2.24, 2.45) is 0 Å². The molecule has 3 N–H and O–H groups in total. The van der Waals surface area contributed by atoms with Gasteiger partial charge in [0, 0.05) is 18.7 Å². The van der Waals surface area contributed by atoms with Gasteiger partial charge in [0.05, 0.1) is 24.1 Å². The number of carbonyl (C=O) groups excluding carboxylic acids is 2. The number of alkyl carbamates (subject to hydrolysis) is 1. The van der Waals surface area contributed by atoms with E-state index in [0.29, 0.717) is 24.3 Å². The van der Waals surface area contributed by atoms with Crippen molar-refractivity contribution in [3.05, 3.63) is 53.0 Å². The molecule has 0 saturated carbocycles. The molecule has 0 fully saturated rings. The first-order chi connectivity index (χ1) is 15.7. The second-order valence-corrected chi connectivity index (χ2v) is 9.24. The van der Waals surface area contributed by atoms with Crippen molar-refractivity contribution in [3.8, 4) is 0 Å². The number of aromatic nitrogens is 3. The highest BCUT2D eigenvalue weighted by molar-refractivity contribution is 5.92. The van der Waals surface area contributed by atoms with Crippen LogP contribution in [0.25, 0.3) is 11.0 Å². The Bertz CT molecular complexity index is 1190. The number of nitrogens with two attached hydrogens (primary N) is 1. The smallest absolute Gasteiger partial charge is 0.407 e. The first kappa shape index (κ1) is 22.6. The number of esters is 1. The van der Waals surface area contributed by atoms with Crippen molar-refractivity contribution in [2.75, 3.05) is 12.8 Å². The number of hydrogen-bond acceptors (Lipinski definition) is 7. The molecule has 4 rings (SSSR count). The summed E-state index contributed by atoms with van der Waals surface area (Å²) in [7, 11) is 1.36. The first-order valence-corrected chi connectivity index (χ1v) is 10.9. The second kappa shape index (κ2) is 8.73. The summed E-state index contributed by atoms with van der Waals surface area (Å²) in [5.74, 6) is 0.0640. The van der Waals surface area contributed by atoms with Gasteiger partial charge in [-0.25, -0.2) is 19.6 Å². The van der Waals surface area contributed by atoms with E-state index in [2.05, 4.69) is 19.9 Å². The topological polar surface area (TPSA) is 121 Å². The van der Waals surface area contributed by atoms with E-state index < -0.39 is 11.7 Å². The molecule has 3 heterocycles. The van der Waals surface area contributed by atoms with Crippen molar-refractivity contribution >= 4 is 28.9 Å². The number of carbonyl (C=O) groups is 2. The van der Waals surface area contributed by atoms with Gasteiger partial charge < -0.3 is 25.1 Å². The zero-order valence-electron chi connectivity index (χ0n) is 19.3. The maximum absolute atomic E-state index is 12.3. The van der Waals surface area contributed by atoms with E-state index >= 15 is 0 Å². The van der Waals surface area contributed by atoms with E-state index in [0.717, 1.165) is 40.7 Å². The van der Waals surface area contributed by atoms with E-state index in [4.69, 9.17) is 15.2 Å². The Labute approximate surface area is 192 Å². The van der Waals surface area contributed by atoms with Gasteiger partial charge in [-0.2, -0.15) is 0 Å². The molecule has 0 unspecified atom stereocenters. The zero-order chi connectivity index (χ0) is 23.8. The maximum atomic E-state index is 12.3. The Kier molecular flexibility index (Phi) is 5.97. The number of ether oxygens (including phenoxy) is 2. The van der Waals surface area contributed by atoms with E-state index in [9.17, 15) is 9.59 Å². The highest BCUT2D eigenvalue weighted by Crippen LogP contribution is 2.34. The van der Waals surface area contributed by atoms with Crippen LogP contribution in [0.15, 0.2) is 30.6 Å². The number of anilines is 1. The molecule has 0 spiro atoms. The van der Waals surface area contributed by atoms with Crippen molar-refractivity contribution in [1.82, 2.24) is 19.9 Å². The number of nitrogens with zero attached hydrogens (tertiary/aromatic N) is 3. The molecule has 174 valence electrons. The van der Waals surface area contributed by atoms with Crippen molar-refractivity contribution in [1.29, 1.82) is 0 Å². The lowest BCUT2D eigenvalue weighted by Gasteiger charge is -2.28. The van der Waals surface area contributed by atoms with Gasteiger partial charge in [0.25, 0.3) is 0 Å². The summed E-state index contributed by atoms with van der Waals surface area (Å²) < 4.78 is 12.3. The van der Waals surface area contributed by atoms with Crippen molar-refractivity contribution < 1.29 is 19.1 Å². The Morgan fingerprint density at radius 1 is 1.21 bits per heavy atom. The summed E-state index contributed by atoms with van der Waals surface area (Å²) in [6.07, 6.45) is 3.20.